The van der Waals surface area contributed by atoms with Gasteiger partial charge in [0.2, 0.25) is 5.91 Å². The van der Waals surface area contributed by atoms with Crippen molar-refractivity contribution in [3.8, 4) is 11.1 Å². The van der Waals surface area contributed by atoms with Gasteiger partial charge in [-0.3, -0.25) is 20.4 Å². The second-order valence-electron chi connectivity index (χ2n) is 5.75. The molecule has 4 nitrogen and oxygen atoms in total. The lowest BCUT2D eigenvalue weighted by atomic mass is 10.0. The maximum absolute atomic E-state index is 12.0. The Bertz CT molecular complexity index is 909. The van der Waals surface area contributed by atoms with E-state index in [1.807, 2.05) is 54.6 Å². The van der Waals surface area contributed by atoms with E-state index < -0.39 is 5.91 Å². The van der Waals surface area contributed by atoms with Crippen molar-refractivity contribution in [1.29, 1.82) is 0 Å². The van der Waals surface area contributed by atoms with Crippen molar-refractivity contribution >= 4 is 23.4 Å². The summed E-state index contributed by atoms with van der Waals surface area (Å²) in [7, 11) is 0. The van der Waals surface area contributed by atoms with E-state index in [-0.39, 0.29) is 12.3 Å². The lowest BCUT2D eigenvalue weighted by Gasteiger charge is -2.08. The smallest absolute Gasteiger partial charge is 0.269 e. The van der Waals surface area contributed by atoms with Crippen molar-refractivity contribution in [3.05, 3.63) is 95.0 Å². The number of amides is 2. The zero-order valence-corrected chi connectivity index (χ0v) is 14.7. The van der Waals surface area contributed by atoms with E-state index in [9.17, 15) is 9.59 Å². The third-order valence-electron chi connectivity index (χ3n) is 3.83. The van der Waals surface area contributed by atoms with Crippen molar-refractivity contribution in [2.75, 3.05) is 0 Å². The van der Waals surface area contributed by atoms with Gasteiger partial charge >= 0.3 is 0 Å². The third-order valence-corrected chi connectivity index (χ3v) is 4.06. The zero-order valence-electron chi connectivity index (χ0n) is 13.9. The minimum atomic E-state index is -0.416. The average Bonchev–Trinajstić information content (AvgIpc) is 2.67. The molecule has 0 aromatic heterocycles. The van der Waals surface area contributed by atoms with Crippen molar-refractivity contribution in [2.45, 2.75) is 6.42 Å². The van der Waals surface area contributed by atoms with E-state index in [0.717, 1.165) is 16.7 Å². The first-order valence-corrected chi connectivity index (χ1v) is 8.49. The van der Waals surface area contributed by atoms with Crippen molar-refractivity contribution < 1.29 is 9.59 Å². The molecule has 0 heterocycles. The van der Waals surface area contributed by atoms with Crippen LogP contribution in [0.5, 0.6) is 0 Å². The fourth-order valence-electron chi connectivity index (χ4n) is 2.50. The predicted molar refractivity (Wildman–Crippen MR) is 103 cm³/mol. The highest BCUT2D eigenvalue weighted by Gasteiger charge is 2.08. The van der Waals surface area contributed by atoms with Gasteiger partial charge in [0.15, 0.2) is 0 Å². The van der Waals surface area contributed by atoms with Crippen LogP contribution in [0.4, 0.5) is 0 Å². The largest absolute Gasteiger partial charge is 0.273 e. The number of carbonyl (C=O) groups is 2. The summed E-state index contributed by atoms with van der Waals surface area (Å²) in [5.74, 6) is -0.715. The first kappa shape index (κ1) is 17.7. The lowest BCUT2D eigenvalue weighted by molar-refractivity contribution is -0.121. The molecule has 0 bridgehead atoms. The number of hydrazine groups is 1. The van der Waals surface area contributed by atoms with Gasteiger partial charge in [-0.15, -0.1) is 0 Å². The molecule has 0 aliphatic heterocycles. The molecule has 0 aliphatic rings. The molecule has 2 amide bonds. The monoisotopic (exact) mass is 364 g/mol. The molecule has 3 aromatic carbocycles. The van der Waals surface area contributed by atoms with Crippen molar-refractivity contribution in [1.82, 2.24) is 10.9 Å². The first-order chi connectivity index (χ1) is 12.6. The Kier molecular flexibility index (Phi) is 5.66. The third kappa shape index (κ3) is 4.71. The molecule has 0 spiro atoms. The van der Waals surface area contributed by atoms with Gasteiger partial charge in [-0.2, -0.15) is 0 Å². The molecule has 0 radical (unpaired) electrons. The Morgan fingerprint density at radius 2 is 1.46 bits per heavy atom. The fourth-order valence-corrected chi connectivity index (χ4v) is 2.69. The number of rotatable bonds is 4. The number of hydrogen-bond donors (Lipinski definition) is 2. The van der Waals surface area contributed by atoms with Gasteiger partial charge in [0, 0.05) is 10.6 Å². The van der Waals surface area contributed by atoms with Crippen LogP contribution in [0.25, 0.3) is 11.1 Å². The molecule has 3 aromatic rings. The van der Waals surface area contributed by atoms with E-state index in [1.165, 1.54) is 6.07 Å². The molecule has 5 heteroatoms. The van der Waals surface area contributed by atoms with Gasteiger partial charge in [-0.1, -0.05) is 72.3 Å². The molecule has 0 saturated heterocycles. The second kappa shape index (κ2) is 8.32. The minimum absolute atomic E-state index is 0.172. The summed E-state index contributed by atoms with van der Waals surface area (Å²) in [6.07, 6.45) is 0.172. The van der Waals surface area contributed by atoms with Crippen LogP contribution in [0.2, 0.25) is 5.02 Å². The highest BCUT2D eigenvalue weighted by Crippen LogP contribution is 2.19. The van der Waals surface area contributed by atoms with Crippen LogP contribution in [0, 0.1) is 0 Å². The van der Waals surface area contributed by atoms with Crippen LogP contribution in [-0.4, -0.2) is 11.8 Å². The van der Waals surface area contributed by atoms with Crippen molar-refractivity contribution in [2.24, 2.45) is 0 Å². The van der Waals surface area contributed by atoms with Crippen LogP contribution < -0.4 is 10.9 Å². The average molecular weight is 365 g/mol. The number of halogens is 1. The van der Waals surface area contributed by atoms with Gasteiger partial charge in [-0.05, 0) is 34.9 Å². The van der Waals surface area contributed by atoms with Gasteiger partial charge in [0.25, 0.3) is 5.91 Å². The van der Waals surface area contributed by atoms with Crippen LogP contribution in [0.3, 0.4) is 0 Å². The van der Waals surface area contributed by atoms with E-state index in [2.05, 4.69) is 10.9 Å². The Labute approximate surface area is 156 Å². The highest BCUT2D eigenvalue weighted by atomic mass is 35.5. The maximum Gasteiger partial charge on any atom is 0.269 e. The molecular weight excluding hydrogens is 348 g/mol. The SMILES string of the molecule is O=C(Cc1ccc(-c2ccccc2)cc1)NNC(=O)c1cccc(Cl)c1. The standard InChI is InChI=1S/C21H17ClN2O2/c22-19-8-4-7-18(14-19)21(26)24-23-20(25)13-15-9-11-17(12-10-15)16-5-2-1-3-6-16/h1-12,14H,13H2,(H,23,25)(H,24,26). The minimum Gasteiger partial charge on any atom is -0.273 e. The Morgan fingerprint density at radius 1 is 0.769 bits per heavy atom. The summed E-state index contributed by atoms with van der Waals surface area (Å²) in [5.41, 5.74) is 8.25. The van der Waals surface area contributed by atoms with E-state index in [0.29, 0.717) is 10.6 Å². The van der Waals surface area contributed by atoms with E-state index in [4.69, 9.17) is 11.6 Å². The quantitative estimate of drug-likeness (QED) is 0.687. The van der Waals surface area contributed by atoms with Crippen molar-refractivity contribution in [3.63, 3.8) is 0 Å². The van der Waals surface area contributed by atoms with Crippen LogP contribution in [0.15, 0.2) is 78.9 Å². The predicted octanol–water partition coefficient (Wildman–Crippen LogP) is 4.01. The first-order valence-electron chi connectivity index (χ1n) is 8.11. The maximum atomic E-state index is 12.0. The summed E-state index contributed by atoms with van der Waals surface area (Å²) in [5, 5.41) is 0.461. The molecular formula is C21H17ClN2O2. The number of hydrogen-bond acceptors (Lipinski definition) is 2. The molecule has 0 saturated carbocycles. The van der Waals surface area contributed by atoms with Gasteiger partial charge in [-0.25, -0.2) is 0 Å². The van der Waals surface area contributed by atoms with Crippen LogP contribution in [0.1, 0.15) is 15.9 Å². The van der Waals surface area contributed by atoms with Gasteiger partial charge in [0.1, 0.15) is 0 Å². The van der Waals surface area contributed by atoms with E-state index in [1.54, 1.807) is 18.2 Å². The molecule has 0 unspecified atom stereocenters. The molecule has 3 rings (SSSR count). The van der Waals surface area contributed by atoms with Crippen LogP contribution in [-0.2, 0) is 11.2 Å². The molecule has 26 heavy (non-hydrogen) atoms. The van der Waals surface area contributed by atoms with Gasteiger partial charge in [0.05, 0.1) is 6.42 Å². The Morgan fingerprint density at radius 3 is 2.15 bits per heavy atom. The summed E-state index contributed by atoms with van der Waals surface area (Å²) < 4.78 is 0. The normalized spacial score (nSPS) is 10.2. The molecule has 0 fully saturated rings. The number of nitrogens with one attached hydrogen (secondary N) is 2. The second-order valence-corrected chi connectivity index (χ2v) is 6.19. The summed E-state index contributed by atoms with van der Waals surface area (Å²) >= 11 is 5.85. The van der Waals surface area contributed by atoms with Crippen LogP contribution >= 0.6 is 11.6 Å². The van der Waals surface area contributed by atoms with E-state index >= 15 is 0 Å². The molecule has 130 valence electrons. The Balaban J connectivity index is 1.54. The summed E-state index contributed by atoms with van der Waals surface area (Å²) in [4.78, 5) is 24.0. The molecule has 0 aliphatic carbocycles. The topological polar surface area (TPSA) is 58.2 Å². The number of benzene rings is 3. The number of carbonyl (C=O) groups excluding carboxylic acids is 2. The fraction of sp³-hybridized carbons (Fsp3) is 0.0476. The lowest BCUT2D eigenvalue weighted by Crippen LogP contribution is -2.42. The summed E-state index contributed by atoms with van der Waals surface area (Å²) in [6.45, 7) is 0. The summed E-state index contributed by atoms with van der Waals surface area (Å²) in [6, 6.07) is 24.3. The molecule has 0 atom stereocenters. The van der Waals surface area contributed by atoms with Gasteiger partial charge < -0.3 is 0 Å². The highest BCUT2D eigenvalue weighted by molar-refractivity contribution is 6.30. The zero-order chi connectivity index (χ0) is 18.4. The Hall–Kier alpha value is -3.11. The molecule has 2 N–H and O–H groups in total.